The number of carboxylic acid groups (broad SMARTS) is 1. The van der Waals surface area contributed by atoms with Gasteiger partial charge in [-0.15, -0.1) is 0 Å². The van der Waals surface area contributed by atoms with E-state index in [0.717, 1.165) is 12.4 Å². The van der Waals surface area contributed by atoms with Crippen LogP contribution in [0, 0.1) is 0 Å². The van der Waals surface area contributed by atoms with E-state index in [4.69, 9.17) is 9.53 Å². The molecule has 0 aliphatic rings. The van der Waals surface area contributed by atoms with Crippen LogP contribution in [0.25, 0.3) is 0 Å². The molecule has 1 aromatic rings. The minimum atomic E-state index is -1.72. The van der Waals surface area contributed by atoms with Gasteiger partial charge in [-0.3, -0.25) is 4.79 Å². The number of hydrogen-bond donors (Lipinski definition) is 1. The van der Waals surface area contributed by atoms with E-state index in [0.29, 0.717) is 13.0 Å². The molecule has 0 unspecified atom stereocenters. The van der Waals surface area contributed by atoms with E-state index in [1.807, 2.05) is 10.8 Å². The second-order valence-corrected chi connectivity index (χ2v) is 11.3. The predicted octanol–water partition coefficient (Wildman–Crippen LogP) is 2.92. The summed E-state index contributed by atoms with van der Waals surface area (Å²) in [6, 6.07) is 0. The van der Waals surface area contributed by atoms with E-state index in [2.05, 4.69) is 38.8 Å². The molecule has 0 bridgehead atoms. The molecule has 0 aromatic carbocycles. The van der Waals surface area contributed by atoms with Gasteiger partial charge in [-0.05, 0) is 18.1 Å². The highest BCUT2D eigenvalue weighted by Gasteiger charge is 2.36. The van der Waals surface area contributed by atoms with E-state index < -0.39 is 14.3 Å². The van der Waals surface area contributed by atoms with Gasteiger partial charge >= 0.3 is 5.97 Å². The molecule has 1 aromatic heterocycles. The van der Waals surface area contributed by atoms with Gasteiger partial charge in [0, 0.05) is 25.4 Å². The summed E-state index contributed by atoms with van der Waals surface area (Å²) in [5.41, 5.74) is 0. The molecule has 0 amide bonds. The van der Waals surface area contributed by atoms with Gasteiger partial charge < -0.3 is 14.1 Å². The summed E-state index contributed by atoms with van der Waals surface area (Å²) in [5, 5.41) is 8.92. The maximum atomic E-state index is 10.6. The van der Waals surface area contributed by atoms with Crippen molar-refractivity contribution in [3.8, 4) is 0 Å². The van der Waals surface area contributed by atoms with Crippen molar-refractivity contribution in [3.05, 3.63) is 18.2 Å². The van der Waals surface area contributed by atoms with E-state index >= 15 is 0 Å². The summed E-state index contributed by atoms with van der Waals surface area (Å²) >= 11 is 0. The molecule has 0 atom stereocenters. The lowest BCUT2D eigenvalue weighted by atomic mass is 10.2. The standard InChI is InChI=1S/C14H26N2O3Si/c1-14(2,3)20(4,5)19-11-10-16-9-8-15-12(16)6-7-13(17)18/h8-9H,6-7,10-11H2,1-5H3,(H,17,18). The first-order valence-electron chi connectivity index (χ1n) is 6.99. The van der Waals surface area contributed by atoms with Gasteiger partial charge in [-0.25, -0.2) is 4.98 Å². The quantitative estimate of drug-likeness (QED) is 0.786. The predicted molar refractivity (Wildman–Crippen MR) is 81.3 cm³/mol. The summed E-state index contributed by atoms with van der Waals surface area (Å²) in [6.45, 7) is 12.5. The number of imidazole rings is 1. The molecule has 0 saturated carbocycles. The highest BCUT2D eigenvalue weighted by molar-refractivity contribution is 6.74. The van der Waals surface area contributed by atoms with E-state index in [1.165, 1.54) is 0 Å². The third-order valence-corrected chi connectivity index (χ3v) is 8.50. The first-order valence-corrected chi connectivity index (χ1v) is 9.90. The maximum Gasteiger partial charge on any atom is 0.303 e. The summed E-state index contributed by atoms with van der Waals surface area (Å²) < 4.78 is 8.10. The van der Waals surface area contributed by atoms with Gasteiger partial charge in [0.05, 0.1) is 13.0 Å². The molecule has 1 heterocycles. The Balaban J connectivity index is 2.51. The Bertz CT molecular complexity index is 450. The Morgan fingerprint density at radius 2 is 2.10 bits per heavy atom. The topological polar surface area (TPSA) is 64.4 Å². The fourth-order valence-electron chi connectivity index (χ4n) is 1.61. The van der Waals surface area contributed by atoms with Gasteiger partial charge in [0.25, 0.3) is 0 Å². The van der Waals surface area contributed by atoms with Crippen LogP contribution in [-0.2, 0) is 22.2 Å². The lowest BCUT2D eigenvalue weighted by molar-refractivity contribution is -0.137. The molecule has 0 aliphatic carbocycles. The van der Waals surface area contributed by atoms with Crippen molar-refractivity contribution in [1.29, 1.82) is 0 Å². The smallest absolute Gasteiger partial charge is 0.303 e. The molecule has 1 rings (SSSR count). The van der Waals surface area contributed by atoms with Crippen LogP contribution in [0.2, 0.25) is 18.1 Å². The highest BCUT2D eigenvalue weighted by Crippen LogP contribution is 2.36. The zero-order chi connectivity index (χ0) is 15.4. The average molecular weight is 298 g/mol. The zero-order valence-corrected chi connectivity index (χ0v) is 14.1. The number of nitrogens with zero attached hydrogens (tertiary/aromatic N) is 2. The number of aliphatic carboxylic acids is 1. The molecule has 114 valence electrons. The molecular formula is C14H26N2O3Si. The van der Waals surface area contributed by atoms with Crippen LogP contribution in [0.5, 0.6) is 0 Å². The van der Waals surface area contributed by atoms with Crippen LogP contribution >= 0.6 is 0 Å². The lowest BCUT2D eigenvalue weighted by Gasteiger charge is -2.36. The molecule has 0 radical (unpaired) electrons. The van der Waals surface area contributed by atoms with Crippen LogP contribution < -0.4 is 0 Å². The Morgan fingerprint density at radius 1 is 1.45 bits per heavy atom. The molecule has 0 saturated heterocycles. The molecular weight excluding hydrogens is 272 g/mol. The largest absolute Gasteiger partial charge is 0.481 e. The van der Waals surface area contributed by atoms with Crippen molar-refractivity contribution in [1.82, 2.24) is 9.55 Å². The third-order valence-electron chi connectivity index (χ3n) is 3.97. The van der Waals surface area contributed by atoms with Crippen LogP contribution in [0.1, 0.15) is 33.0 Å². The van der Waals surface area contributed by atoms with Crippen molar-refractivity contribution in [2.24, 2.45) is 0 Å². The van der Waals surface area contributed by atoms with E-state index in [9.17, 15) is 4.79 Å². The minimum absolute atomic E-state index is 0.111. The second-order valence-electron chi connectivity index (χ2n) is 6.54. The number of aromatic nitrogens is 2. The van der Waals surface area contributed by atoms with Crippen LogP contribution in [0.3, 0.4) is 0 Å². The normalized spacial score (nSPS) is 12.7. The van der Waals surface area contributed by atoms with Gasteiger partial charge in [-0.1, -0.05) is 20.8 Å². The third kappa shape index (κ3) is 4.75. The summed E-state index contributed by atoms with van der Waals surface area (Å²) in [7, 11) is -1.72. The van der Waals surface area contributed by atoms with E-state index in [1.54, 1.807) is 6.20 Å². The summed E-state index contributed by atoms with van der Waals surface area (Å²) in [6.07, 6.45) is 4.16. The summed E-state index contributed by atoms with van der Waals surface area (Å²) in [4.78, 5) is 14.8. The number of hydrogen-bond acceptors (Lipinski definition) is 3. The van der Waals surface area contributed by atoms with Crippen molar-refractivity contribution in [2.45, 2.75) is 58.3 Å². The second kappa shape index (κ2) is 6.54. The monoisotopic (exact) mass is 298 g/mol. The van der Waals surface area contributed by atoms with Crippen molar-refractivity contribution < 1.29 is 14.3 Å². The Labute approximate surface area is 122 Å². The van der Waals surface area contributed by atoms with Gasteiger partial charge in [0.15, 0.2) is 8.32 Å². The van der Waals surface area contributed by atoms with Crippen molar-refractivity contribution in [3.63, 3.8) is 0 Å². The zero-order valence-electron chi connectivity index (χ0n) is 13.1. The van der Waals surface area contributed by atoms with Crippen molar-refractivity contribution >= 4 is 14.3 Å². The highest BCUT2D eigenvalue weighted by atomic mass is 28.4. The first kappa shape index (κ1) is 16.9. The average Bonchev–Trinajstić information content (AvgIpc) is 2.72. The first-order chi connectivity index (χ1) is 9.13. The summed E-state index contributed by atoms with van der Waals surface area (Å²) in [5.74, 6) is 0.0169. The molecule has 20 heavy (non-hydrogen) atoms. The van der Waals surface area contributed by atoms with Crippen LogP contribution in [-0.4, -0.2) is 35.6 Å². The number of rotatable bonds is 7. The lowest BCUT2D eigenvalue weighted by Crippen LogP contribution is -2.41. The van der Waals surface area contributed by atoms with Crippen molar-refractivity contribution in [2.75, 3.05) is 6.61 Å². The molecule has 0 aliphatic heterocycles. The fraction of sp³-hybridized carbons (Fsp3) is 0.714. The van der Waals surface area contributed by atoms with Crippen LogP contribution in [0.15, 0.2) is 12.4 Å². The molecule has 0 fully saturated rings. The minimum Gasteiger partial charge on any atom is -0.481 e. The number of carbonyl (C=O) groups is 1. The van der Waals surface area contributed by atoms with Crippen LogP contribution in [0.4, 0.5) is 0 Å². The molecule has 6 heteroatoms. The Morgan fingerprint density at radius 3 is 2.65 bits per heavy atom. The Kier molecular flexibility index (Phi) is 5.53. The number of carboxylic acids is 1. The van der Waals surface area contributed by atoms with E-state index in [-0.39, 0.29) is 11.5 Å². The molecule has 0 spiro atoms. The maximum absolute atomic E-state index is 10.6. The van der Waals surface area contributed by atoms with Gasteiger partial charge in [0.2, 0.25) is 0 Å². The van der Waals surface area contributed by atoms with Gasteiger partial charge in [-0.2, -0.15) is 0 Å². The number of aryl methyl sites for hydroxylation is 1. The SMILES string of the molecule is CC(C)(C)[Si](C)(C)OCCn1ccnc1CCC(=O)O. The fourth-order valence-corrected chi connectivity index (χ4v) is 2.64. The van der Waals surface area contributed by atoms with Gasteiger partial charge in [0.1, 0.15) is 5.82 Å². The molecule has 5 nitrogen and oxygen atoms in total. The Hall–Kier alpha value is -1.14. The molecule has 1 N–H and O–H groups in total.